The summed E-state index contributed by atoms with van der Waals surface area (Å²) in [6.45, 7) is -0.279. The van der Waals surface area contributed by atoms with Crippen LogP contribution in [0.2, 0.25) is 0 Å². The molecule has 2 aromatic carbocycles. The first-order valence-electron chi connectivity index (χ1n) is 7.09. The smallest absolute Gasteiger partial charge is 0.302 e. The molecule has 0 saturated carbocycles. The van der Waals surface area contributed by atoms with Gasteiger partial charge >= 0.3 is 10.2 Å². The molecule has 0 bridgehead atoms. The van der Waals surface area contributed by atoms with Crippen LogP contribution in [0.25, 0.3) is 11.1 Å². The maximum Gasteiger partial charge on any atom is 0.302 e. The Hall–Kier alpha value is -2.22. The summed E-state index contributed by atoms with van der Waals surface area (Å²) in [5, 5.41) is 9.52. The van der Waals surface area contributed by atoms with Crippen molar-refractivity contribution >= 4 is 22.2 Å². The van der Waals surface area contributed by atoms with Gasteiger partial charge in [0.05, 0.1) is 24.9 Å². The molecule has 3 rings (SSSR count). The zero-order chi connectivity index (χ0) is 16.4. The van der Waals surface area contributed by atoms with Crippen molar-refractivity contribution in [2.24, 2.45) is 0 Å². The van der Waals surface area contributed by atoms with E-state index in [1.807, 2.05) is 36.4 Å². The lowest BCUT2D eigenvalue weighted by atomic mass is 10.0. The van der Waals surface area contributed by atoms with E-state index in [-0.39, 0.29) is 13.2 Å². The average Bonchev–Trinajstić information content (AvgIpc) is 2.89. The van der Waals surface area contributed by atoms with Gasteiger partial charge in [0.2, 0.25) is 0 Å². The van der Waals surface area contributed by atoms with E-state index < -0.39 is 16.3 Å². The number of carbonyl (C=O) groups is 1. The van der Waals surface area contributed by atoms with Crippen LogP contribution in [0, 0.1) is 0 Å². The van der Waals surface area contributed by atoms with Crippen LogP contribution in [0.15, 0.2) is 48.5 Å². The van der Waals surface area contributed by atoms with Gasteiger partial charge in [0.25, 0.3) is 0 Å². The van der Waals surface area contributed by atoms with E-state index >= 15 is 0 Å². The highest BCUT2D eigenvalue weighted by molar-refractivity contribution is 7.91. The number of rotatable bonds is 4. The number of benzene rings is 2. The lowest BCUT2D eigenvalue weighted by molar-refractivity contribution is -0.108. The Morgan fingerprint density at radius 2 is 1.91 bits per heavy atom. The normalized spacial score (nSPS) is 19.7. The van der Waals surface area contributed by atoms with Crippen LogP contribution < -0.4 is 9.03 Å². The molecule has 23 heavy (non-hydrogen) atoms. The van der Waals surface area contributed by atoms with Gasteiger partial charge in [0, 0.05) is 5.56 Å². The summed E-state index contributed by atoms with van der Waals surface area (Å²) in [7, 11) is -3.79. The number of nitrogens with zero attached hydrogens (tertiary/aromatic N) is 1. The predicted molar refractivity (Wildman–Crippen MR) is 87.1 cm³/mol. The summed E-state index contributed by atoms with van der Waals surface area (Å²) in [6.07, 6.45) is 0.567. The summed E-state index contributed by atoms with van der Waals surface area (Å²) in [4.78, 5) is 10.9. The molecule has 1 heterocycles. The molecule has 2 aromatic rings. The summed E-state index contributed by atoms with van der Waals surface area (Å²) in [6, 6.07) is 14.0. The molecule has 1 aliphatic heterocycles. The molecule has 1 fully saturated rings. The van der Waals surface area contributed by atoms with Crippen LogP contribution in [0.5, 0.6) is 0 Å². The second-order valence-electron chi connectivity index (χ2n) is 5.26. The van der Waals surface area contributed by atoms with Gasteiger partial charge in [0.15, 0.2) is 0 Å². The fourth-order valence-electron chi connectivity index (χ4n) is 2.61. The minimum atomic E-state index is -3.79. The van der Waals surface area contributed by atoms with Crippen LogP contribution in [-0.4, -0.2) is 32.4 Å². The molecule has 2 N–H and O–H groups in total. The third-order valence-corrected chi connectivity index (χ3v) is 5.28. The highest BCUT2D eigenvalue weighted by Gasteiger charge is 2.36. The van der Waals surface area contributed by atoms with E-state index in [4.69, 9.17) is 0 Å². The third-order valence-electron chi connectivity index (χ3n) is 3.75. The van der Waals surface area contributed by atoms with Crippen LogP contribution in [0.4, 0.5) is 5.69 Å². The molecule has 0 spiro atoms. The van der Waals surface area contributed by atoms with E-state index in [0.717, 1.165) is 15.4 Å². The first-order chi connectivity index (χ1) is 11.0. The summed E-state index contributed by atoms with van der Waals surface area (Å²) in [5.74, 6) is 0. The summed E-state index contributed by atoms with van der Waals surface area (Å²) >= 11 is 0. The number of aliphatic hydroxyl groups is 1. The first kappa shape index (κ1) is 15.7. The van der Waals surface area contributed by atoms with Gasteiger partial charge in [-0.25, -0.2) is 0 Å². The summed E-state index contributed by atoms with van der Waals surface area (Å²) in [5.41, 5.74) is 2.64. The second-order valence-corrected chi connectivity index (χ2v) is 6.89. The molecule has 0 radical (unpaired) electrons. The minimum Gasteiger partial charge on any atom is -0.392 e. The van der Waals surface area contributed by atoms with Crippen LogP contribution in [-0.2, 0) is 21.6 Å². The van der Waals surface area contributed by atoms with Crippen molar-refractivity contribution in [3.8, 4) is 11.1 Å². The van der Waals surface area contributed by atoms with E-state index in [0.29, 0.717) is 17.5 Å². The monoisotopic (exact) mass is 332 g/mol. The molecule has 120 valence electrons. The highest BCUT2D eigenvalue weighted by atomic mass is 32.2. The van der Waals surface area contributed by atoms with Crippen molar-refractivity contribution < 1.29 is 18.3 Å². The van der Waals surface area contributed by atoms with Gasteiger partial charge < -0.3 is 9.90 Å². The third kappa shape index (κ3) is 2.98. The molecule has 7 heteroatoms. The Balaban J connectivity index is 2.09. The SMILES string of the molecule is O=CC1CN(c2cc(-c3ccccc3)ccc2CO)S(=O)(=O)N1. The average molecular weight is 332 g/mol. The van der Waals surface area contributed by atoms with Gasteiger partial charge in [-0.05, 0) is 17.2 Å². The number of carbonyl (C=O) groups excluding carboxylic acids is 1. The van der Waals surface area contributed by atoms with Gasteiger partial charge in [-0.2, -0.15) is 13.1 Å². The molecule has 1 aliphatic rings. The number of nitrogens with one attached hydrogen (secondary N) is 1. The van der Waals surface area contributed by atoms with Crippen LogP contribution in [0.3, 0.4) is 0 Å². The predicted octanol–water partition coefficient (Wildman–Crippen LogP) is 1.07. The number of hydrogen-bond donors (Lipinski definition) is 2. The number of aldehydes is 1. The Morgan fingerprint density at radius 3 is 2.52 bits per heavy atom. The molecule has 1 saturated heterocycles. The molecule has 1 atom stereocenters. The topological polar surface area (TPSA) is 86.7 Å². The summed E-state index contributed by atoms with van der Waals surface area (Å²) < 4.78 is 27.9. The lowest BCUT2D eigenvalue weighted by Gasteiger charge is -2.20. The van der Waals surface area contributed by atoms with Gasteiger partial charge in [-0.3, -0.25) is 4.31 Å². The molecule has 0 aliphatic carbocycles. The van der Waals surface area contributed by atoms with Gasteiger partial charge in [0.1, 0.15) is 6.29 Å². The van der Waals surface area contributed by atoms with Crippen molar-refractivity contribution in [1.29, 1.82) is 0 Å². The fraction of sp³-hybridized carbons (Fsp3) is 0.188. The highest BCUT2D eigenvalue weighted by Crippen LogP contribution is 2.31. The number of aliphatic hydroxyl groups excluding tert-OH is 1. The van der Waals surface area contributed by atoms with Gasteiger partial charge in [-0.1, -0.05) is 42.5 Å². The minimum absolute atomic E-state index is 0.0110. The molecule has 0 aromatic heterocycles. The first-order valence-corrected chi connectivity index (χ1v) is 8.53. The fourth-order valence-corrected chi connectivity index (χ4v) is 4.03. The second kappa shape index (κ2) is 6.11. The Labute approximate surface area is 134 Å². The van der Waals surface area contributed by atoms with Crippen molar-refractivity contribution in [2.75, 3.05) is 10.8 Å². The Morgan fingerprint density at radius 1 is 1.17 bits per heavy atom. The molecule has 6 nitrogen and oxygen atoms in total. The molecular formula is C16H16N2O4S. The maximum absolute atomic E-state index is 12.2. The zero-order valence-corrected chi connectivity index (χ0v) is 13.0. The van der Waals surface area contributed by atoms with Crippen molar-refractivity contribution in [3.05, 3.63) is 54.1 Å². The standard InChI is InChI=1S/C16H16N2O4S/c19-10-14-7-6-13(12-4-2-1-3-5-12)8-16(14)18-9-15(11-20)17-23(18,21)22/h1-8,11,15,17,19H,9-10H2. The number of anilines is 1. The quantitative estimate of drug-likeness (QED) is 0.820. The van der Waals surface area contributed by atoms with Crippen molar-refractivity contribution in [3.63, 3.8) is 0 Å². The van der Waals surface area contributed by atoms with E-state index in [9.17, 15) is 18.3 Å². The van der Waals surface area contributed by atoms with E-state index in [1.54, 1.807) is 12.1 Å². The Bertz CT molecular complexity index is 821. The largest absolute Gasteiger partial charge is 0.392 e. The maximum atomic E-state index is 12.2. The van der Waals surface area contributed by atoms with Crippen molar-refractivity contribution in [2.45, 2.75) is 12.6 Å². The van der Waals surface area contributed by atoms with E-state index in [2.05, 4.69) is 4.72 Å². The van der Waals surface area contributed by atoms with Gasteiger partial charge in [-0.15, -0.1) is 0 Å². The van der Waals surface area contributed by atoms with E-state index in [1.165, 1.54) is 0 Å². The van der Waals surface area contributed by atoms with Crippen molar-refractivity contribution in [1.82, 2.24) is 4.72 Å². The molecule has 1 unspecified atom stereocenters. The van der Waals surface area contributed by atoms with Crippen LogP contribution in [0.1, 0.15) is 5.56 Å². The molecule has 0 amide bonds. The van der Waals surface area contributed by atoms with Crippen LogP contribution >= 0.6 is 0 Å². The zero-order valence-electron chi connectivity index (χ0n) is 12.2. The molecular weight excluding hydrogens is 316 g/mol. The lowest BCUT2D eigenvalue weighted by Crippen LogP contribution is -2.31. The number of hydrogen-bond acceptors (Lipinski definition) is 4. The Kier molecular flexibility index (Phi) is 4.16.